The van der Waals surface area contributed by atoms with Crippen molar-refractivity contribution in [1.82, 2.24) is 4.98 Å². The molecule has 1 saturated carbocycles. The molecular formula is C28H29F3N2O4. The number of hydrogen-bond donors (Lipinski definition) is 3. The number of halogens is 3. The van der Waals surface area contributed by atoms with Crippen LogP contribution >= 0.6 is 0 Å². The Morgan fingerprint density at radius 1 is 1.11 bits per heavy atom. The van der Waals surface area contributed by atoms with E-state index in [0.29, 0.717) is 35.5 Å². The number of ether oxygens (including phenoxy) is 1. The summed E-state index contributed by atoms with van der Waals surface area (Å²) in [6.45, 7) is 3.90. The maximum atomic E-state index is 13.7. The number of carboxylic acids is 1. The molecule has 3 N–H and O–H groups in total. The molecule has 1 unspecified atom stereocenters. The zero-order valence-electron chi connectivity index (χ0n) is 20.5. The topological polar surface area (TPSA) is 91.7 Å². The first-order valence-electron chi connectivity index (χ1n) is 12.0. The molecule has 37 heavy (non-hydrogen) atoms. The van der Waals surface area contributed by atoms with Gasteiger partial charge >= 0.3 is 12.1 Å². The molecule has 1 aliphatic carbocycles. The van der Waals surface area contributed by atoms with Crippen LogP contribution in [0.15, 0.2) is 60.8 Å². The van der Waals surface area contributed by atoms with Gasteiger partial charge in [0, 0.05) is 19.2 Å². The quantitative estimate of drug-likeness (QED) is 0.303. The molecule has 0 spiro atoms. The lowest BCUT2D eigenvalue weighted by Crippen LogP contribution is -2.21. The molecule has 1 heterocycles. The van der Waals surface area contributed by atoms with Crippen molar-refractivity contribution >= 4 is 11.8 Å². The van der Waals surface area contributed by atoms with Crippen LogP contribution < -0.4 is 10.1 Å². The van der Waals surface area contributed by atoms with Crippen LogP contribution in [0.25, 0.3) is 11.1 Å². The third-order valence-electron chi connectivity index (χ3n) is 6.33. The van der Waals surface area contributed by atoms with E-state index in [-0.39, 0.29) is 30.6 Å². The number of aliphatic carboxylic acids is 1. The predicted octanol–water partition coefficient (Wildman–Crippen LogP) is 6.11. The van der Waals surface area contributed by atoms with E-state index in [2.05, 4.69) is 10.3 Å². The second-order valence-corrected chi connectivity index (χ2v) is 9.93. The second-order valence-electron chi connectivity index (χ2n) is 9.93. The molecule has 0 saturated heterocycles. The SMILES string of the molecule is CC(C)(O)CCOc1ccc(-c2cc(CNc3ccc(C4C[C@H]4C(=O)O)cn3)ccc2C(F)(F)F)cc1. The Kier molecular flexibility index (Phi) is 7.45. The number of anilines is 1. The first-order chi connectivity index (χ1) is 17.4. The van der Waals surface area contributed by atoms with Crippen molar-refractivity contribution in [2.24, 2.45) is 5.92 Å². The van der Waals surface area contributed by atoms with Gasteiger partial charge in [-0.15, -0.1) is 0 Å². The zero-order valence-corrected chi connectivity index (χ0v) is 20.5. The number of aromatic nitrogens is 1. The molecule has 2 atom stereocenters. The number of carbonyl (C=O) groups is 1. The van der Waals surface area contributed by atoms with Crippen LogP contribution in [-0.2, 0) is 17.5 Å². The number of nitrogens with zero attached hydrogens (tertiary/aromatic N) is 1. The van der Waals surface area contributed by atoms with Crippen LogP contribution in [0, 0.1) is 5.92 Å². The third-order valence-corrected chi connectivity index (χ3v) is 6.33. The highest BCUT2D eigenvalue weighted by atomic mass is 19.4. The van der Waals surface area contributed by atoms with Crippen LogP contribution in [0.1, 0.15) is 49.3 Å². The lowest BCUT2D eigenvalue weighted by molar-refractivity contribution is -0.139. The van der Waals surface area contributed by atoms with Crippen LogP contribution in [0.3, 0.4) is 0 Å². The first kappa shape index (κ1) is 26.5. The largest absolute Gasteiger partial charge is 0.493 e. The Balaban J connectivity index is 1.46. The maximum absolute atomic E-state index is 13.7. The first-order valence-corrected chi connectivity index (χ1v) is 12.0. The van der Waals surface area contributed by atoms with Crippen molar-refractivity contribution < 1.29 is 32.9 Å². The van der Waals surface area contributed by atoms with E-state index >= 15 is 0 Å². The van der Waals surface area contributed by atoms with Crippen LogP contribution in [0.2, 0.25) is 0 Å². The summed E-state index contributed by atoms with van der Waals surface area (Å²) in [5.41, 5.74) is 0.380. The highest BCUT2D eigenvalue weighted by molar-refractivity contribution is 5.75. The molecule has 0 radical (unpaired) electrons. The molecule has 0 bridgehead atoms. The number of alkyl halides is 3. The molecule has 6 nitrogen and oxygen atoms in total. The van der Waals surface area contributed by atoms with Gasteiger partial charge in [0.15, 0.2) is 0 Å². The van der Waals surface area contributed by atoms with Gasteiger partial charge in [0.25, 0.3) is 0 Å². The minimum Gasteiger partial charge on any atom is -0.493 e. The fourth-order valence-electron chi connectivity index (χ4n) is 4.09. The monoisotopic (exact) mass is 514 g/mol. The number of hydrogen-bond acceptors (Lipinski definition) is 5. The Labute approximate surface area is 213 Å². The summed E-state index contributed by atoms with van der Waals surface area (Å²) in [6, 6.07) is 14.0. The van der Waals surface area contributed by atoms with Crippen molar-refractivity contribution in [3.05, 3.63) is 77.5 Å². The zero-order chi connectivity index (χ0) is 26.8. The van der Waals surface area contributed by atoms with Crippen molar-refractivity contribution in [2.75, 3.05) is 11.9 Å². The minimum absolute atomic E-state index is 0.0187. The van der Waals surface area contributed by atoms with Gasteiger partial charge in [-0.1, -0.05) is 24.3 Å². The summed E-state index contributed by atoms with van der Waals surface area (Å²) in [6.07, 6.45) is -1.86. The van der Waals surface area contributed by atoms with Crippen molar-refractivity contribution in [2.45, 2.75) is 50.9 Å². The lowest BCUT2D eigenvalue weighted by Gasteiger charge is -2.17. The predicted molar refractivity (Wildman–Crippen MR) is 133 cm³/mol. The molecule has 9 heteroatoms. The Morgan fingerprint density at radius 2 is 1.84 bits per heavy atom. The van der Waals surface area contributed by atoms with Gasteiger partial charge in [-0.2, -0.15) is 13.2 Å². The van der Waals surface area contributed by atoms with E-state index in [4.69, 9.17) is 9.84 Å². The Hall–Kier alpha value is -3.59. The molecule has 0 aliphatic heterocycles. The van der Waals surface area contributed by atoms with Crippen molar-refractivity contribution in [3.63, 3.8) is 0 Å². The van der Waals surface area contributed by atoms with Gasteiger partial charge in [0.05, 0.1) is 23.7 Å². The number of rotatable bonds is 10. The molecule has 196 valence electrons. The molecule has 4 rings (SSSR count). The summed E-state index contributed by atoms with van der Waals surface area (Å²) < 4.78 is 46.8. The van der Waals surface area contributed by atoms with Gasteiger partial charge < -0.3 is 20.3 Å². The maximum Gasteiger partial charge on any atom is 0.417 e. The van der Waals surface area contributed by atoms with Crippen LogP contribution in [0.4, 0.5) is 19.0 Å². The molecule has 3 aromatic rings. The molecule has 0 amide bonds. The van der Waals surface area contributed by atoms with Crippen molar-refractivity contribution in [3.8, 4) is 16.9 Å². The summed E-state index contributed by atoms with van der Waals surface area (Å²) >= 11 is 0. The van der Waals surface area contributed by atoms with Crippen LogP contribution in [-0.4, -0.2) is 33.4 Å². The highest BCUT2D eigenvalue weighted by Crippen LogP contribution is 2.47. The van der Waals surface area contributed by atoms with E-state index in [9.17, 15) is 23.1 Å². The standard InChI is InChI=1S/C28H29F3N2O4/c1-27(2,36)11-12-37-20-7-4-18(5-8-20)22-13-17(3-9-24(22)28(29,30)31)15-32-25-10-6-19(16-33-25)21-14-23(21)26(34)35/h3-10,13,16,21,23,36H,11-12,14-15H2,1-2H3,(H,32,33)(H,34,35)/t21?,23-/m1/s1. The average Bonchev–Trinajstić information content (AvgIpc) is 3.63. The molecule has 1 aromatic heterocycles. The number of benzene rings is 2. The number of aliphatic hydroxyl groups is 1. The molecule has 1 fully saturated rings. The number of carboxylic acid groups (broad SMARTS) is 1. The normalized spacial score (nSPS) is 17.4. The molecule has 1 aliphatic rings. The minimum atomic E-state index is -4.52. The van der Waals surface area contributed by atoms with Gasteiger partial charge in [0.1, 0.15) is 11.6 Å². The van der Waals surface area contributed by atoms with E-state index < -0.39 is 23.3 Å². The fourth-order valence-corrected chi connectivity index (χ4v) is 4.09. The lowest BCUT2D eigenvalue weighted by atomic mass is 9.96. The molecular weight excluding hydrogens is 485 g/mol. The highest BCUT2D eigenvalue weighted by Gasteiger charge is 2.44. The average molecular weight is 515 g/mol. The summed E-state index contributed by atoms with van der Waals surface area (Å²) in [4.78, 5) is 15.4. The van der Waals surface area contributed by atoms with Crippen molar-refractivity contribution in [1.29, 1.82) is 0 Å². The summed E-state index contributed by atoms with van der Waals surface area (Å²) in [7, 11) is 0. The van der Waals surface area contributed by atoms with Crippen LogP contribution in [0.5, 0.6) is 5.75 Å². The Morgan fingerprint density at radius 3 is 2.41 bits per heavy atom. The van der Waals surface area contributed by atoms with Gasteiger partial charge in [-0.3, -0.25) is 4.79 Å². The third kappa shape index (κ3) is 7.01. The number of nitrogens with one attached hydrogen (secondary N) is 1. The Bertz CT molecular complexity index is 1240. The second kappa shape index (κ2) is 10.4. The summed E-state index contributed by atoms with van der Waals surface area (Å²) in [5, 5.41) is 22.0. The van der Waals surface area contributed by atoms with E-state index in [1.807, 2.05) is 6.07 Å². The van der Waals surface area contributed by atoms with E-state index in [1.165, 1.54) is 12.1 Å². The van der Waals surface area contributed by atoms with Gasteiger partial charge in [-0.25, -0.2) is 4.98 Å². The van der Waals surface area contributed by atoms with Gasteiger partial charge in [0.2, 0.25) is 0 Å². The van der Waals surface area contributed by atoms with E-state index in [1.54, 1.807) is 50.4 Å². The number of pyridine rings is 1. The summed E-state index contributed by atoms with van der Waals surface area (Å²) in [5.74, 6) is -0.132. The molecule has 2 aromatic carbocycles. The smallest absolute Gasteiger partial charge is 0.417 e. The van der Waals surface area contributed by atoms with E-state index in [0.717, 1.165) is 11.6 Å². The fraction of sp³-hybridized carbons (Fsp3) is 0.357. The van der Waals surface area contributed by atoms with Gasteiger partial charge in [-0.05, 0) is 78.8 Å².